The molecule has 0 saturated carbocycles. The fourth-order valence-corrected chi connectivity index (χ4v) is 8.45. The quantitative estimate of drug-likeness (QED) is 0.0664. The van der Waals surface area contributed by atoms with E-state index in [0.717, 1.165) is 29.5 Å². The van der Waals surface area contributed by atoms with Gasteiger partial charge in [-0.15, -0.1) is 0 Å². The second-order valence-electron chi connectivity index (χ2n) is 20.8. The summed E-state index contributed by atoms with van der Waals surface area (Å²) < 4.78 is 17.7. The van der Waals surface area contributed by atoms with Crippen molar-refractivity contribution in [3.05, 3.63) is 148 Å². The highest BCUT2D eigenvalue weighted by molar-refractivity contribution is 6.11. The first kappa shape index (κ1) is 50.9. The van der Waals surface area contributed by atoms with Gasteiger partial charge < -0.3 is 34.8 Å². The van der Waals surface area contributed by atoms with E-state index in [9.17, 15) is 29.7 Å². The first-order chi connectivity index (χ1) is 30.7. The zero-order valence-corrected chi connectivity index (χ0v) is 40.7. The molecule has 0 spiro atoms. The van der Waals surface area contributed by atoms with Gasteiger partial charge in [0, 0.05) is 53.6 Å². The van der Waals surface area contributed by atoms with Gasteiger partial charge in [0.1, 0.15) is 47.1 Å². The maximum atomic E-state index is 12.6. The van der Waals surface area contributed by atoms with Gasteiger partial charge in [0.05, 0.1) is 11.1 Å². The summed E-state index contributed by atoms with van der Waals surface area (Å²) in [4.78, 5) is 37.9. The second kappa shape index (κ2) is 20.6. The van der Waals surface area contributed by atoms with Crippen molar-refractivity contribution in [2.75, 3.05) is 0 Å². The maximum absolute atomic E-state index is 12.6. The third-order valence-electron chi connectivity index (χ3n) is 11.7. The second-order valence-corrected chi connectivity index (χ2v) is 20.8. The number of ketones is 2. The van der Waals surface area contributed by atoms with Crippen LogP contribution in [0.25, 0.3) is 0 Å². The molecule has 5 aromatic carbocycles. The van der Waals surface area contributed by atoms with Gasteiger partial charge in [-0.2, -0.15) is 0 Å². The minimum atomic E-state index is -0.437. The van der Waals surface area contributed by atoms with E-state index in [0.29, 0.717) is 41.2 Å². The predicted molar refractivity (Wildman–Crippen MR) is 260 cm³/mol. The van der Waals surface area contributed by atoms with Crippen molar-refractivity contribution in [3.63, 3.8) is 0 Å². The maximum Gasteiger partial charge on any atom is 0.306 e. The van der Waals surface area contributed by atoms with Crippen molar-refractivity contribution < 1.29 is 43.9 Å². The van der Waals surface area contributed by atoms with Crippen molar-refractivity contribution in [1.29, 1.82) is 0 Å². The molecule has 4 N–H and O–H groups in total. The van der Waals surface area contributed by atoms with Crippen LogP contribution in [0.5, 0.6) is 28.7 Å². The summed E-state index contributed by atoms with van der Waals surface area (Å²) in [5, 5.41) is 35.3. The number of carbonyl (C=O) groups excluding carboxylic acids is 3. The van der Waals surface area contributed by atoms with E-state index in [1.54, 1.807) is 74.5 Å². The number of ether oxygens (including phenoxy) is 3. The summed E-state index contributed by atoms with van der Waals surface area (Å²) in [6.45, 7) is 24.9. The first-order valence-electron chi connectivity index (χ1n) is 22.8. The minimum absolute atomic E-state index is 0.0487. The van der Waals surface area contributed by atoms with E-state index in [1.807, 2.05) is 12.1 Å². The van der Waals surface area contributed by atoms with Crippen LogP contribution in [-0.4, -0.2) is 62.2 Å². The van der Waals surface area contributed by atoms with E-state index in [1.165, 1.54) is 24.3 Å². The van der Waals surface area contributed by atoms with Crippen LogP contribution < -0.4 is 14.8 Å². The van der Waals surface area contributed by atoms with Crippen LogP contribution in [-0.2, 0) is 26.8 Å². The highest BCUT2D eigenvalue weighted by Gasteiger charge is 2.39. The lowest BCUT2D eigenvalue weighted by atomic mass is 9.78. The standard InChI is InChI=1S/C30H26O6.C26H43NO3/c1-19(35-23-13-15-25(27(31)17-23)29(33)21-9-5-3-6-10-21)20(2)36-24-14-16-26(28(32)18-24)30(34)22-11-7-4-8-12-22;1-23(2,3)19-13-17(14-20(22(19)29)24(4,5)6)11-12-21(28)30-18-15-25(7,8)27-26(9,10)16-18/h3-20,31-32H,1-2H3;13-14,18,27,29H,11-12,15-16H2,1-10H3. The minimum Gasteiger partial charge on any atom is -0.507 e. The molecule has 1 heterocycles. The summed E-state index contributed by atoms with van der Waals surface area (Å²) in [7, 11) is 0. The zero-order valence-electron chi connectivity index (χ0n) is 40.7. The lowest BCUT2D eigenvalue weighted by Crippen LogP contribution is -2.59. The Morgan fingerprint density at radius 1 is 0.621 bits per heavy atom. The lowest BCUT2D eigenvalue weighted by Gasteiger charge is -2.45. The Labute approximate surface area is 391 Å². The monoisotopic (exact) mass is 899 g/mol. The number of rotatable bonds is 13. The highest BCUT2D eigenvalue weighted by atomic mass is 16.5. The molecule has 1 saturated heterocycles. The number of benzene rings is 5. The van der Waals surface area contributed by atoms with Gasteiger partial charge in [-0.3, -0.25) is 14.4 Å². The van der Waals surface area contributed by atoms with Gasteiger partial charge in [0.2, 0.25) is 0 Å². The molecule has 1 aliphatic heterocycles. The number of esters is 1. The van der Waals surface area contributed by atoms with Crippen LogP contribution in [0.2, 0.25) is 0 Å². The Bertz CT molecular complexity index is 2320. The fraction of sp³-hybridized carbons (Fsp3) is 0.411. The summed E-state index contributed by atoms with van der Waals surface area (Å²) in [5.74, 6) is 0.0864. The molecule has 6 rings (SSSR count). The molecule has 1 aliphatic rings. The SMILES string of the molecule is CC(Oc1ccc(C(=O)c2ccccc2)c(O)c1)C(C)Oc1ccc(C(=O)c2ccccc2)c(O)c1.CC1(C)CC(OC(=O)CCc2cc(C(C)(C)C)c(O)c(C(C)(C)C)c2)CC(C)(C)N1. The van der Waals surface area contributed by atoms with Crippen LogP contribution in [0, 0.1) is 0 Å². The fourth-order valence-electron chi connectivity index (χ4n) is 8.45. The number of piperidine rings is 1. The van der Waals surface area contributed by atoms with E-state index in [-0.39, 0.29) is 68.2 Å². The molecule has 66 heavy (non-hydrogen) atoms. The van der Waals surface area contributed by atoms with Crippen LogP contribution in [0.15, 0.2) is 109 Å². The molecular formula is C56H69NO9. The van der Waals surface area contributed by atoms with Gasteiger partial charge in [0.15, 0.2) is 11.6 Å². The molecule has 10 nitrogen and oxygen atoms in total. The molecule has 0 aliphatic carbocycles. The number of aryl methyl sites for hydroxylation is 1. The molecule has 1 fully saturated rings. The summed E-state index contributed by atoms with van der Waals surface area (Å²) in [6.07, 6.45) is 1.68. The van der Waals surface area contributed by atoms with Crippen LogP contribution in [0.4, 0.5) is 0 Å². The molecule has 0 bridgehead atoms. The number of nitrogens with one attached hydrogen (secondary N) is 1. The zero-order chi connectivity index (χ0) is 48.8. The molecule has 2 atom stereocenters. The molecule has 0 amide bonds. The van der Waals surface area contributed by atoms with Gasteiger partial charge in [-0.25, -0.2) is 0 Å². The highest BCUT2D eigenvalue weighted by Crippen LogP contribution is 2.40. The van der Waals surface area contributed by atoms with Gasteiger partial charge in [-0.05, 0) is 99.7 Å². The summed E-state index contributed by atoms with van der Waals surface area (Å²) in [5.41, 5.74) is 3.83. The van der Waals surface area contributed by atoms with Crippen molar-refractivity contribution in [3.8, 4) is 28.7 Å². The Hall–Kier alpha value is -6.13. The van der Waals surface area contributed by atoms with E-state index < -0.39 is 12.2 Å². The summed E-state index contributed by atoms with van der Waals surface area (Å²) >= 11 is 0. The molecule has 0 aromatic heterocycles. The number of hydrogen-bond donors (Lipinski definition) is 4. The average molecular weight is 900 g/mol. The van der Waals surface area contributed by atoms with Gasteiger partial charge in [-0.1, -0.05) is 114 Å². The third-order valence-corrected chi connectivity index (χ3v) is 11.7. The number of hydrogen-bond acceptors (Lipinski definition) is 10. The predicted octanol–water partition coefficient (Wildman–Crippen LogP) is 11.6. The van der Waals surface area contributed by atoms with E-state index in [4.69, 9.17) is 14.2 Å². The number of phenolic OH excluding ortho intramolecular Hbond substituents is 3. The third kappa shape index (κ3) is 13.7. The van der Waals surface area contributed by atoms with E-state index in [2.05, 4.69) is 86.7 Å². The Balaban J connectivity index is 0.000000252. The number of phenols is 3. The lowest BCUT2D eigenvalue weighted by molar-refractivity contribution is -0.153. The van der Waals surface area contributed by atoms with Crippen molar-refractivity contribution in [1.82, 2.24) is 5.32 Å². The largest absolute Gasteiger partial charge is 0.507 e. The van der Waals surface area contributed by atoms with Crippen molar-refractivity contribution in [2.24, 2.45) is 0 Å². The van der Waals surface area contributed by atoms with Crippen molar-refractivity contribution >= 4 is 17.5 Å². The topological polar surface area (TPSA) is 152 Å². The van der Waals surface area contributed by atoms with Gasteiger partial charge >= 0.3 is 5.97 Å². The van der Waals surface area contributed by atoms with Gasteiger partial charge in [0.25, 0.3) is 0 Å². The molecule has 5 aromatic rings. The average Bonchev–Trinajstić information content (AvgIpc) is 3.22. The van der Waals surface area contributed by atoms with Crippen LogP contribution in [0.3, 0.4) is 0 Å². The van der Waals surface area contributed by atoms with Crippen LogP contribution >= 0.6 is 0 Å². The number of aromatic hydroxyl groups is 3. The van der Waals surface area contributed by atoms with Crippen LogP contribution in [0.1, 0.15) is 151 Å². The molecule has 10 heteroatoms. The van der Waals surface area contributed by atoms with Crippen molar-refractivity contribution in [2.45, 2.75) is 149 Å². The smallest absolute Gasteiger partial charge is 0.306 e. The Morgan fingerprint density at radius 2 is 1.02 bits per heavy atom. The van der Waals surface area contributed by atoms with E-state index >= 15 is 0 Å². The normalized spacial score (nSPS) is 15.6. The molecule has 352 valence electrons. The molecule has 2 unspecified atom stereocenters. The molecule has 0 radical (unpaired) electrons. The Morgan fingerprint density at radius 3 is 1.38 bits per heavy atom. The first-order valence-corrected chi connectivity index (χ1v) is 22.8. The number of carbonyl (C=O) groups is 3. The molecular weight excluding hydrogens is 831 g/mol. The Kier molecular flexibility index (Phi) is 15.9. The summed E-state index contributed by atoms with van der Waals surface area (Å²) in [6, 6.07) is 30.6.